The van der Waals surface area contributed by atoms with Crippen LogP contribution in [0.2, 0.25) is 0 Å². The quantitative estimate of drug-likeness (QED) is 0.512. The van der Waals surface area contributed by atoms with Crippen LogP contribution in [0, 0.1) is 6.92 Å². The van der Waals surface area contributed by atoms with Gasteiger partial charge in [0.25, 0.3) is 5.91 Å². The first-order valence-corrected chi connectivity index (χ1v) is 9.83. The fraction of sp³-hybridized carbons (Fsp3) is 0.143. The van der Waals surface area contributed by atoms with Gasteiger partial charge in [-0.1, -0.05) is 24.3 Å². The fourth-order valence-electron chi connectivity index (χ4n) is 3.03. The van der Waals surface area contributed by atoms with E-state index in [1.54, 1.807) is 10.7 Å². The second kappa shape index (κ2) is 7.48. The smallest absolute Gasteiger partial charge is 0.339 e. The Morgan fingerprint density at radius 2 is 1.93 bits per heavy atom. The van der Waals surface area contributed by atoms with Crippen LogP contribution < -0.4 is 5.73 Å². The second-order valence-electron chi connectivity index (χ2n) is 6.51. The maximum absolute atomic E-state index is 12.9. The van der Waals surface area contributed by atoms with Gasteiger partial charge >= 0.3 is 5.97 Å². The summed E-state index contributed by atoms with van der Waals surface area (Å²) in [6.07, 6.45) is -1.04. The number of ether oxygens (including phenoxy) is 1. The topological polar surface area (TPSA) is 100 Å². The third-order valence-electron chi connectivity index (χ3n) is 4.49. The number of nitrogens with zero attached hydrogens (tertiary/aromatic N) is 3. The first-order chi connectivity index (χ1) is 14.0. The first kappa shape index (κ1) is 18.8. The number of hydrogen-bond acceptors (Lipinski definition) is 6. The molecule has 0 saturated heterocycles. The summed E-state index contributed by atoms with van der Waals surface area (Å²) in [5.74, 6) is -1.35. The number of carbonyl (C=O) groups is 2. The minimum Gasteiger partial charge on any atom is -0.449 e. The van der Waals surface area contributed by atoms with Gasteiger partial charge < -0.3 is 10.5 Å². The maximum Gasteiger partial charge on any atom is 0.339 e. The Kier molecular flexibility index (Phi) is 4.85. The van der Waals surface area contributed by atoms with Gasteiger partial charge in [0.1, 0.15) is 0 Å². The number of pyridine rings is 1. The summed E-state index contributed by atoms with van der Waals surface area (Å²) in [5, 5.41) is 7.12. The first-order valence-electron chi connectivity index (χ1n) is 8.95. The summed E-state index contributed by atoms with van der Waals surface area (Å²) in [5.41, 5.74) is 8.17. The lowest BCUT2D eigenvalue weighted by molar-refractivity contribution is -0.125. The molecule has 29 heavy (non-hydrogen) atoms. The summed E-state index contributed by atoms with van der Waals surface area (Å²) in [6, 6.07) is 15.1. The van der Waals surface area contributed by atoms with Crippen LogP contribution >= 0.6 is 11.3 Å². The van der Waals surface area contributed by atoms with Gasteiger partial charge in [0.15, 0.2) is 11.8 Å². The van der Waals surface area contributed by atoms with Crippen molar-refractivity contribution in [3.05, 3.63) is 65.2 Å². The number of benzene rings is 1. The van der Waals surface area contributed by atoms with Crippen LogP contribution in [0.15, 0.2) is 53.9 Å². The highest BCUT2D eigenvalue weighted by atomic mass is 32.1. The number of esters is 1. The lowest BCUT2D eigenvalue weighted by Gasteiger charge is -2.11. The van der Waals surface area contributed by atoms with Crippen LogP contribution in [0.25, 0.3) is 27.3 Å². The van der Waals surface area contributed by atoms with Crippen molar-refractivity contribution in [2.45, 2.75) is 20.0 Å². The predicted molar refractivity (Wildman–Crippen MR) is 111 cm³/mol. The van der Waals surface area contributed by atoms with E-state index in [1.807, 2.05) is 54.8 Å². The van der Waals surface area contributed by atoms with Gasteiger partial charge in [0.05, 0.1) is 32.9 Å². The molecular weight excluding hydrogens is 388 g/mol. The highest BCUT2D eigenvalue weighted by Crippen LogP contribution is 2.31. The molecule has 3 aromatic heterocycles. The molecule has 0 spiro atoms. The molecule has 2 N–H and O–H groups in total. The van der Waals surface area contributed by atoms with Crippen molar-refractivity contribution in [1.29, 1.82) is 0 Å². The Morgan fingerprint density at radius 1 is 1.17 bits per heavy atom. The van der Waals surface area contributed by atoms with E-state index >= 15 is 0 Å². The molecule has 0 radical (unpaired) electrons. The molecule has 3 heterocycles. The number of para-hydroxylation sites is 1. The predicted octanol–water partition coefficient (Wildman–Crippen LogP) is 3.49. The molecule has 7 nitrogen and oxygen atoms in total. The number of amides is 1. The van der Waals surface area contributed by atoms with E-state index in [4.69, 9.17) is 15.5 Å². The number of hydrogen-bond donors (Lipinski definition) is 1. The number of rotatable bonds is 5. The third kappa shape index (κ3) is 3.50. The zero-order chi connectivity index (χ0) is 20.5. The largest absolute Gasteiger partial charge is 0.449 e. The number of primary amides is 1. The molecule has 4 aromatic rings. The SMILES string of the molecule is Cc1nn(-c2ccccc2)c2nc(-c3cccs3)cc(C(=O)O[C@@H](C)C(N)=O)c12. The summed E-state index contributed by atoms with van der Waals surface area (Å²) >= 11 is 1.51. The van der Waals surface area contributed by atoms with Crippen molar-refractivity contribution in [1.82, 2.24) is 14.8 Å². The van der Waals surface area contributed by atoms with E-state index in [1.165, 1.54) is 18.3 Å². The number of aromatic nitrogens is 3. The van der Waals surface area contributed by atoms with Gasteiger partial charge in [-0.05, 0) is 43.5 Å². The van der Waals surface area contributed by atoms with Crippen LogP contribution in [-0.4, -0.2) is 32.7 Å². The van der Waals surface area contributed by atoms with E-state index in [0.29, 0.717) is 28.0 Å². The molecule has 1 amide bonds. The lowest BCUT2D eigenvalue weighted by Crippen LogP contribution is -2.30. The molecule has 0 bridgehead atoms. The summed E-state index contributed by atoms with van der Waals surface area (Å²) in [6.45, 7) is 3.25. The monoisotopic (exact) mass is 406 g/mol. The van der Waals surface area contributed by atoms with E-state index in [0.717, 1.165) is 10.6 Å². The highest BCUT2D eigenvalue weighted by molar-refractivity contribution is 7.13. The Morgan fingerprint density at radius 3 is 2.59 bits per heavy atom. The molecule has 4 rings (SSSR count). The molecule has 0 saturated carbocycles. The van der Waals surface area contributed by atoms with Gasteiger partial charge in [0.2, 0.25) is 0 Å². The molecule has 0 fully saturated rings. The van der Waals surface area contributed by atoms with Crippen molar-refractivity contribution in [3.8, 4) is 16.3 Å². The van der Waals surface area contributed by atoms with Gasteiger partial charge in [0, 0.05) is 0 Å². The Labute approximate surface area is 170 Å². The molecule has 1 aromatic carbocycles. The normalized spacial score (nSPS) is 12.1. The van der Waals surface area contributed by atoms with Gasteiger partial charge in [-0.15, -0.1) is 11.3 Å². The van der Waals surface area contributed by atoms with Crippen LogP contribution in [-0.2, 0) is 9.53 Å². The minimum atomic E-state index is -1.04. The van der Waals surface area contributed by atoms with E-state index < -0.39 is 18.0 Å². The maximum atomic E-state index is 12.9. The van der Waals surface area contributed by atoms with Crippen LogP contribution in [0.4, 0.5) is 0 Å². The number of thiophene rings is 1. The van der Waals surface area contributed by atoms with Crippen molar-refractivity contribution < 1.29 is 14.3 Å². The zero-order valence-electron chi connectivity index (χ0n) is 15.8. The third-order valence-corrected chi connectivity index (χ3v) is 5.38. The molecule has 0 aliphatic rings. The molecule has 0 unspecified atom stereocenters. The summed E-state index contributed by atoms with van der Waals surface area (Å²) in [7, 11) is 0. The molecule has 146 valence electrons. The average Bonchev–Trinajstić information content (AvgIpc) is 3.36. The average molecular weight is 406 g/mol. The van der Waals surface area contributed by atoms with E-state index in [9.17, 15) is 9.59 Å². The van der Waals surface area contributed by atoms with Crippen molar-refractivity contribution in [2.24, 2.45) is 5.73 Å². The van der Waals surface area contributed by atoms with Crippen molar-refractivity contribution >= 4 is 34.2 Å². The summed E-state index contributed by atoms with van der Waals surface area (Å²) in [4.78, 5) is 29.9. The second-order valence-corrected chi connectivity index (χ2v) is 7.46. The van der Waals surface area contributed by atoms with Crippen molar-refractivity contribution in [3.63, 3.8) is 0 Å². The van der Waals surface area contributed by atoms with E-state index in [2.05, 4.69) is 5.10 Å². The van der Waals surface area contributed by atoms with Gasteiger partial charge in [-0.2, -0.15) is 5.10 Å². The molecule has 8 heteroatoms. The fourth-order valence-corrected chi connectivity index (χ4v) is 3.72. The molecule has 1 atom stereocenters. The van der Waals surface area contributed by atoms with Crippen LogP contribution in [0.1, 0.15) is 23.0 Å². The van der Waals surface area contributed by atoms with E-state index in [-0.39, 0.29) is 0 Å². The Hall–Kier alpha value is -3.52. The number of fused-ring (bicyclic) bond motifs is 1. The van der Waals surface area contributed by atoms with Crippen molar-refractivity contribution in [2.75, 3.05) is 0 Å². The van der Waals surface area contributed by atoms with Crippen LogP contribution in [0.5, 0.6) is 0 Å². The standard InChI is InChI=1S/C21H18N4O3S/c1-12-18-15(21(27)28-13(2)19(22)26)11-16(17-9-6-10-29-17)23-20(18)25(24-12)14-7-4-3-5-8-14/h3-11,13H,1-2H3,(H2,22,26)/t13-/m0/s1. The number of carbonyl (C=O) groups excluding carboxylic acids is 2. The zero-order valence-corrected chi connectivity index (χ0v) is 16.6. The molecular formula is C21H18N4O3S. The Bertz CT molecular complexity index is 1200. The van der Waals surface area contributed by atoms with Gasteiger partial charge in [-0.25, -0.2) is 14.5 Å². The lowest BCUT2D eigenvalue weighted by atomic mass is 10.1. The van der Waals surface area contributed by atoms with Crippen LogP contribution in [0.3, 0.4) is 0 Å². The molecule has 0 aliphatic heterocycles. The number of nitrogens with two attached hydrogens (primary N) is 1. The highest BCUT2D eigenvalue weighted by Gasteiger charge is 2.24. The minimum absolute atomic E-state index is 0.297. The molecule has 0 aliphatic carbocycles. The van der Waals surface area contributed by atoms with Gasteiger partial charge in [-0.3, -0.25) is 4.79 Å². The Balaban J connectivity index is 1.95. The number of aryl methyl sites for hydroxylation is 1. The summed E-state index contributed by atoms with van der Waals surface area (Å²) < 4.78 is 6.98.